The van der Waals surface area contributed by atoms with Crippen LogP contribution in [0.4, 0.5) is 4.79 Å². The molecule has 5 N–H and O–H groups in total. The first kappa shape index (κ1) is 20.1. The van der Waals surface area contributed by atoms with Gasteiger partial charge in [0.15, 0.2) is 0 Å². The summed E-state index contributed by atoms with van der Waals surface area (Å²) in [5.74, 6) is 0.243. The SMILES string of the molecule is NP(N)(=O)N1CCC[C@H](NC(=O)OCc2ccccc2Cc2ccco2)C1=O. The first-order chi connectivity index (χ1) is 13.3. The molecule has 0 unspecified atom stereocenters. The Labute approximate surface area is 162 Å². The Morgan fingerprint density at radius 1 is 1.25 bits per heavy atom. The lowest BCUT2D eigenvalue weighted by atomic mass is 10.0. The normalized spacial score (nSPS) is 17.4. The molecule has 0 bridgehead atoms. The summed E-state index contributed by atoms with van der Waals surface area (Å²) in [5, 5.41) is 2.50. The van der Waals surface area contributed by atoms with Crippen LogP contribution in [0.1, 0.15) is 29.7 Å². The van der Waals surface area contributed by atoms with Gasteiger partial charge in [0.25, 0.3) is 5.91 Å². The summed E-state index contributed by atoms with van der Waals surface area (Å²) in [4.78, 5) is 24.5. The zero-order chi connectivity index (χ0) is 20.1. The fraction of sp³-hybridized carbons (Fsp3) is 0.333. The number of carbonyl (C=O) groups is 2. The van der Waals surface area contributed by atoms with Crippen molar-refractivity contribution in [3.05, 3.63) is 59.5 Å². The van der Waals surface area contributed by atoms with Gasteiger partial charge in [0.1, 0.15) is 18.4 Å². The summed E-state index contributed by atoms with van der Waals surface area (Å²) in [6.07, 6.45) is 2.37. The summed E-state index contributed by atoms with van der Waals surface area (Å²) >= 11 is 0. The molecule has 3 rings (SSSR count). The zero-order valence-electron chi connectivity index (χ0n) is 15.2. The number of carbonyl (C=O) groups excluding carboxylic acids is 2. The van der Waals surface area contributed by atoms with Crippen molar-refractivity contribution >= 4 is 19.6 Å². The molecule has 1 aliphatic heterocycles. The van der Waals surface area contributed by atoms with Crippen LogP contribution >= 0.6 is 7.59 Å². The lowest BCUT2D eigenvalue weighted by Gasteiger charge is -2.33. The van der Waals surface area contributed by atoms with Crippen LogP contribution in [0, 0.1) is 0 Å². The topological polar surface area (TPSA) is 141 Å². The van der Waals surface area contributed by atoms with E-state index in [9.17, 15) is 14.2 Å². The lowest BCUT2D eigenvalue weighted by Crippen LogP contribution is -2.52. The maximum Gasteiger partial charge on any atom is 0.408 e. The van der Waals surface area contributed by atoms with E-state index in [1.807, 2.05) is 36.4 Å². The quantitative estimate of drug-likeness (QED) is 0.624. The highest BCUT2D eigenvalue weighted by Gasteiger charge is 2.36. The van der Waals surface area contributed by atoms with E-state index in [0.29, 0.717) is 19.3 Å². The fourth-order valence-electron chi connectivity index (χ4n) is 3.10. The highest BCUT2D eigenvalue weighted by molar-refractivity contribution is 7.57. The molecule has 1 aromatic carbocycles. The molecule has 1 aromatic heterocycles. The van der Waals surface area contributed by atoms with Gasteiger partial charge >= 0.3 is 13.7 Å². The van der Waals surface area contributed by atoms with E-state index in [1.165, 1.54) is 0 Å². The van der Waals surface area contributed by atoms with Gasteiger partial charge in [0.2, 0.25) is 0 Å². The van der Waals surface area contributed by atoms with Crippen LogP contribution in [-0.2, 0) is 27.1 Å². The molecule has 2 heterocycles. The Balaban J connectivity index is 1.58. The average molecular weight is 406 g/mol. The fourth-order valence-corrected chi connectivity index (χ4v) is 4.00. The summed E-state index contributed by atoms with van der Waals surface area (Å²) < 4.78 is 23.4. The number of benzene rings is 1. The van der Waals surface area contributed by atoms with Crippen molar-refractivity contribution in [3.8, 4) is 0 Å². The van der Waals surface area contributed by atoms with Gasteiger partial charge in [-0.1, -0.05) is 24.3 Å². The Kier molecular flexibility index (Phi) is 6.18. The molecule has 150 valence electrons. The summed E-state index contributed by atoms with van der Waals surface area (Å²) in [5.41, 5.74) is 12.6. The molecule has 0 spiro atoms. The molecule has 1 aliphatic rings. The van der Waals surface area contributed by atoms with E-state index in [0.717, 1.165) is 21.6 Å². The number of piperidine rings is 1. The molecule has 0 aliphatic carbocycles. The molecule has 9 nitrogen and oxygen atoms in total. The minimum Gasteiger partial charge on any atom is -0.469 e. The number of alkyl carbamates (subject to hydrolysis) is 1. The van der Waals surface area contributed by atoms with E-state index in [-0.39, 0.29) is 13.2 Å². The van der Waals surface area contributed by atoms with Crippen molar-refractivity contribution in [1.82, 2.24) is 9.99 Å². The number of nitrogens with zero attached hydrogens (tertiary/aromatic N) is 1. The van der Waals surface area contributed by atoms with Crippen molar-refractivity contribution in [1.29, 1.82) is 0 Å². The number of hydrogen-bond acceptors (Lipinski definition) is 5. The number of hydrogen-bond donors (Lipinski definition) is 3. The van der Waals surface area contributed by atoms with Gasteiger partial charge < -0.3 is 14.5 Å². The molecule has 1 atom stereocenters. The molecule has 28 heavy (non-hydrogen) atoms. The van der Waals surface area contributed by atoms with Gasteiger partial charge in [-0.25, -0.2) is 4.79 Å². The number of amides is 2. The van der Waals surface area contributed by atoms with Crippen LogP contribution in [0.5, 0.6) is 0 Å². The standard InChI is InChI=1S/C18H23N4O5P/c19-28(20,25)22-9-3-8-16(17(22)23)21-18(24)27-12-14-6-2-1-5-13(14)11-15-7-4-10-26-15/h1-2,4-7,10,16H,3,8-9,11-12H2,(H,21,24)(H4,19,20,25)/t16-/m0/s1. The first-order valence-corrected chi connectivity index (χ1v) is 10.7. The largest absolute Gasteiger partial charge is 0.469 e. The third-order valence-electron chi connectivity index (χ3n) is 4.51. The maximum atomic E-state index is 12.3. The van der Waals surface area contributed by atoms with Crippen LogP contribution in [0.25, 0.3) is 0 Å². The molecule has 2 aromatic rings. The van der Waals surface area contributed by atoms with Gasteiger partial charge in [0.05, 0.1) is 6.26 Å². The molecular weight excluding hydrogens is 383 g/mol. The van der Waals surface area contributed by atoms with Crippen LogP contribution in [0.3, 0.4) is 0 Å². The van der Waals surface area contributed by atoms with Crippen molar-refractivity contribution in [2.75, 3.05) is 6.54 Å². The van der Waals surface area contributed by atoms with Crippen molar-refractivity contribution in [2.45, 2.75) is 31.9 Å². The highest BCUT2D eigenvalue weighted by Crippen LogP contribution is 2.35. The van der Waals surface area contributed by atoms with Crippen molar-refractivity contribution in [2.24, 2.45) is 11.0 Å². The number of nitrogens with two attached hydrogens (primary N) is 2. The predicted molar refractivity (Wildman–Crippen MR) is 102 cm³/mol. The zero-order valence-corrected chi connectivity index (χ0v) is 16.1. The lowest BCUT2D eigenvalue weighted by molar-refractivity contribution is -0.130. The van der Waals surface area contributed by atoms with Crippen LogP contribution in [0.2, 0.25) is 0 Å². The smallest absolute Gasteiger partial charge is 0.408 e. The van der Waals surface area contributed by atoms with Crippen LogP contribution in [0.15, 0.2) is 47.1 Å². The predicted octanol–water partition coefficient (Wildman–Crippen LogP) is 2.11. The van der Waals surface area contributed by atoms with E-state index in [2.05, 4.69) is 5.32 Å². The molecule has 1 saturated heterocycles. The van der Waals surface area contributed by atoms with Gasteiger partial charge in [-0.05, 0) is 36.1 Å². The van der Waals surface area contributed by atoms with E-state index in [4.69, 9.17) is 20.2 Å². The third kappa shape index (κ3) is 5.01. The van der Waals surface area contributed by atoms with Crippen LogP contribution in [-0.4, -0.2) is 29.3 Å². The molecular formula is C18H23N4O5P. The summed E-state index contributed by atoms with van der Waals surface area (Å²) in [6.45, 7) is 0.246. The van der Waals surface area contributed by atoms with Gasteiger partial charge in [0, 0.05) is 13.0 Å². The first-order valence-electron chi connectivity index (χ1n) is 8.86. The molecule has 1 fully saturated rings. The number of ether oxygens (including phenoxy) is 1. The second-order valence-electron chi connectivity index (χ2n) is 6.57. The minimum absolute atomic E-state index is 0.0413. The number of nitrogens with one attached hydrogen (secondary N) is 1. The highest BCUT2D eigenvalue weighted by atomic mass is 31.2. The Morgan fingerprint density at radius 2 is 2.00 bits per heavy atom. The summed E-state index contributed by atoms with van der Waals surface area (Å²) in [6, 6.07) is 10.4. The second kappa shape index (κ2) is 8.60. The van der Waals surface area contributed by atoms with Crippen molar-refractivity contribution in [3.63, 3.8) is 0 Å². The Hall–Kier alpha value is -2.61. The molecule has 2 amide bonds. The Morgan fingerprint density at radius 3 is 2.68 bits per heavy atom. The summed E-state index contributed by atoms with van der Waals surface area (Å²) in [7, 11) is -3.69. The minimum atomic E-state index is -3.69. The monoisotopic (exact) mass is 406 g/mol. The van der Waals surface area contributed by atoms with E-state index < -0.39 is 25.6 Å². The maximum absolute atomic E-state index is 12.3. The molecule has 10 heteroatoms. The third-order valence-corrected chi connectivity index (χ3v) is 5.66. The Bertz CT molecular complexity index is 880. The average Bonchev–Trinajstić information content (AvgIpc) is 3.15. The van der Waals surface area contributed by atoms with Gasteiger partial charge in [-0.15, -0.1) is 0 Å². The van der Waals surface area contributed by atoms with Gasteiger partial charge in [-0.2, -0.15) is 0 Å². The molecule has 0 radical (unpaired) electrons. The van der Waals surface area contributed by atoms with Crippen molar-refractivity contribution < 1.29 is 23.3 Å². The van der Waals surface area contributed by atoms with E-state index in [1.54, 1.807) is 6.26 Å². The molecule has 0 saturated carbocycles. The second-order valence-corrected chi connectivity index (χ2v) is 8.40. The van der Waals surface area contributed by atoms with Crippen LogP contribution < -0.4 is 16.3 Å². The number of rotatable bonds is 6. The number of furan rings is 1. The van der Waals surface area contributed by atoms with E-state index >= 15 is 0 Å². The van der Waals surface area contributed by atoms with Gasteiger partial charge in [-0.3, -0.25) is 25.0 Å².